The van der Waals surface area contributed by atoms with E-state index in [2.05, 4.69) is 82.9 Å². The largest absolute Gasteiger partial charge is 0.454 e. The van der Waals surface area contributed by atoms with Crippen molar-refractivity contribution < 1.29 is 9.53 Å². The Labute approximate surface area is 287 Å². The molecule has 2 atom stereocenters. The number of halogens is 1. The lowest BCUT2D eigenvalue weighted by molar-refractivity contribution is -0.141. The van der Waals surface area contributed by atoms with Crippen molar-refractivity contribution in [1.29, 1.82) is 0 Å². The van der Waals surface area contributed by atoms with E-state index in [1.807, 2.05) is 95.8 Å². The number of allylic oxidation sites excluding steroid dienone is 2. The third-order valence-corrected chi connectivity index (χ3v) is 9.19. The Morgan fingerprint density at radius 3 is 2.08 bits per heavy atom. The molecule has 6 nitrogen and oxygen atoms in total. The second kappa shape index (κ2) is 12.2. The molecule has 1 aliphatic carbocycles. The molecule has 7 heteroatoms. The number of para-hydroxylation sites is 1. The van der Waals surface area contributed by atoms with Crippen LogP contribution in [0, 0.1) is 19.8 Å². The van der Waals surface area contributed by atoms with E-state index in [4.69, 9.17) is 14.8 Å². The molecule has 6 aromatic rings. The maximum absolute atomic E-state index is 13.8. The summed E-state index contributed by atoms with van der Waals surface area (Å²) in [6.45, 7) is 4.21. The molecule has 3 heterocycles. The van der Waals surface area contributed by atoms with Crippen LogP contribution in [-0.2, 0) is 9.53 Å². The van der Waals surface area contributed by atoms with Crippen molar-refractivity contribution in [2.24, 2.45) is 5.92 Å². The zero-order chi connectivity index (χ0) is 32.8. The van der Waals surface area contributed by atoms with E-state index in [0.29, 0.717) is 22.7 Å². The molecule has 8 rings (SSSR count). The van der Waals surface area contributed by atoms with Gasteiger partial charge in [-0.05, 0) is 61.4 Å². The van der Waals surface area contributed by atoms with Crippen molar-refractivity contribution in [1.82, 2.24) is 19.3 Å². The number of esters is 1. The number of benzene rings is 4. The van der Waals surface area contributed by atoms with Gasteiger partial charge in [0.1, 0.15) is 17.6 Å². The molecule has 4 aromatic carbocycles. The Morgan fingerprint density at radius 2 is 1.40 bits per heavy atom. The number of carbonyl (C=O) groups is 1. The molecule has 0 saturated carbocycles. The SMILES string of the molecule is Cc1cc(C)cc(-n2c(-c3cn(-c4ccccc4)nc3C3=CC4C=C(Br)C=CC4OC3=O)nc(-c3ccccc3)c2-c2ccccc2)c1. The van der Waals surface area contributed by atoms with Crippen LogP contribution in [0.2, 0.25) is 0 Å². The van der Waals surface area contributed by atoms with Gasteiger partial charge in [0.25, 0.3) is 0 Å². The van der Waals surface area contributed by atoms with Gasteiger partial charge in [0.2, 0.25) is 0 Å². The number of carbonyl (C=O) groups excluding carboxylic acids is 1. The Balaban J connectivity index is 1.46. The highest BCUT2D eigenvalue weighted by atomic mass is 79.9. The standard InChI is InChI=1S/C41H31BrN4O2/c1-26-20-27(2)22-33(21-26)46-39(29-14-8-4-9-15-29)37(28-12-6-3-7-13-28)43-40(46)35-25-45(32-16-10-5-11-17-32)44-38(35)34-24-30-23-31(42)18-19-36(30)48-41(34)47/h3-25,30,36H,1-2H3. The van der Waals surface area contributed by atoms with Crippen LogP contribution in [0.5, 0.6) is 0 Å². The van der Waals surface area contributed by atoms with Gasteiger partial charge in [-0.3, -0.25) is 4.57 Å². The zero-order valence-corrected chi connectivity index (χ0v) is 28.0. The summed E-state index contributed by atoms with van der Waals surface area (Å²) < 4.78 is 11.0. The first-order chi connectivity index (χ1) is 23.4. The molecule has 2 unspecified atom stereocenters. The van der Waals surface area contributed by atoms with Crippen LogP contribution in [0.15, 0.2) is 144 Å². The smallest absolute Gasteiger partial charge is 0.340 e. The van der Waals surface area contributed by atoms with Crippen molar-refractivity contribution in [2.45, 2.75) is 20.0 Å². The topological polar surface area (TPSA) is 61.9 Å². The summed E-state index contributed by atoms with van der Waals surface area (Å²) in [6.07, 6.45) is 9.47. The van der Waals surface area contributed by atoms with E-state index in [1.54, 1.807) is 0 Å². The number of rotatable bonds is 6. The number of fused-ring (bicyclic) bond motifs is 1. The predicted octanol–water partition coefficient (Wildman–Crippen LogP) is 9.45. The Bertz CT molecular complexity index is 2240. The first-order valence-corrected chi connectivity index (χ1v) is 16.7. The molecule has 0 N–H and O–H groups in total. The number of hydrogen-bond acceptors (Lipinski definition) is 4. The van der Waals surface area contributed by atoms with Crippen molar-refractivity contribution >= 4 is 27.5 Å². The molecule has 0 amide bonds. The summed E-state index contributed by atoms with van der Waals surface area (Å²) in [7, 11) is 0. The summed E-state index contributed by atoms with van der Waals surface area (Å²) >= 11 is 3.60. The molecule has 1 aliphatic heterocycles. The normalized spacial score (nSPS) is 17.0. The number of aromatic nitrogens is 4. The van der Waals surface area contributed by atoms with Gasteiger partial charge >= 0.3 is 5.97 Å². The summed E-state index contributed by atoms with van der Waals surface area (Å²) in [5.74, 6) is 0.125. The minimum Gasteiger partial charge on any atom is -0.454 e. The van der Waals surface area contributed by atoms with Crippen molar-refractivity contribution in [3.8, 4) is 45.3 Å². The van der Waals surface area contributed by atoms with Gasteiger partial charge in [-0.25, -0.2) is 14.5 Å². The van der Waals surface area contributed by atoms with E-state index in [1.165, 1.54) is 0 Å². The second-order valence-electron chi connectivity index (χ2n) is 12.2. The molecular weight excluding hydrogens is 660 g/mol. The van der Waals surface area contributed by atoms with Gasteiger partial charge in [-0.15, -0.1) is 0 Å². The lowest BCUT2D eigenvalue weighted by atomic mass is 9.91. The number of hydrogen-bond donors (Lipinski definition) is 0. The van der Waals surface area contributed by atoms with Crippen LogP contribution in [0.4, 0.5) is 0 Å². The van der Waals surface area contributed by atoms with Gasteiger partial charge in [0.05, 0.1) is 28.2 Å². The highest BCUT2D eigenvalue weighted by Gasteiger charge is 2.35. The summed E-state index contributed by atoms with van der Waals surface area (Å²) in [6, 6.07) is 37.0. The Hall–Kier alpha value is -5.53. The highest BCUT2D eigenvalue weighted by molar-refractivity contribution is 9.11. The molecule has 2 aromatic heterocycles. The van der Waals surface area contributed by atoms with E-state index in [0.717, 1.165) is 49.5 Å². The predicted molar refractivity (Wildman–Crippen MR) is 194 cm³/mol. The fourth-order valence-corrected chi connectivity index (χ4v) is 7.03. The lowest BCUT2D eigenvalue weighted by Gasteiger charge is -2.28. The van der Waals surface area contributed by atoms with Crippen molar-refractivity contribution in [2.75, 3.05) is 0 Å². The van der Waals surface area contributed by atoms with Gasteiger partial charge in [0, 0.05) is 33.4 Å². The second-order valence-corrected chi connectivity index (χ2v) is 13.1. The quantitative estimate of drug-likeness (QED) is 0.163. The third kappa shape index (κ3) is 5.46. The fraction of sp³-hybridized carbons (Fsp3) is 0.0976. The van der Waals surface area contributed by atoms with Gasteiger partial charge in [-0.1, -0.05) is 113 Å². The first kappa shape index (κ1) is 29.8. The van der Waals surface area contributed by atoms with Crippen LogP contribution in [0.3, 0.4) is 0 Å². The first-order valence-electron chi connectivity index (χ1n) is 15.9. The highest BCUT2D eigenvalue weighted by Crippen LogP contribution is 2.42. The Kier molecular flexibility index (Phi) is 7.61. The van der Waals surface area contributed by atoms with Crippen LogP contribution in [0.25, 0.3) is 50.9 Å². The van der Waals surface area contributed by atoms with E-state index in [9.17, 15) is 4.79 Å². The lowest BCUT2D eigenvalue weighted by Crippen LogP contribution is -2.30. The minimum atomic E-state index is -0.414. The number of imidazole rings is 1. The van der Waals surface area contributed by atoms with E-state index in [-0.39, 0.29) is 12.0 Å². The summed E-state index contributed by atoms with van der Waals surface area (Å²) in [5, 5.41) is 5.09. The molecule has 0 spiro atoms. The van der Waals surface area contributed by atoms with Crippen molar-refractivity contribution in [3.05, 3.63) is 161 Å². The maximum atomic E-state index is 13.8. The molecule has 0 saturated heterocycles. The molecular formula is C41H31BrN4O2. The molecule has 2 aliphatic rings. The molecule has 0 bridgehead atoms. The van der Waals surface area contributed by atoms with Gasteiger partial charge in [0.15, 0.2) is 0 Å². The molecule has 234 valence electrons. The van der Waals surface area contributed by atoms with Gasteiger partial charge < -0.3 is 4.74 Å². The monoisotopic (exact) mass is 690 g/mol. The summed E-state index contributed by atoms with van der Waals surface area (Å²) in [4.78, 5) is 19.2. The molecule has 0 fully saturated rings. The fourth-order valence-electron chi connectivity index (χ4n) is 6.57. The van der Waals surface area contributed by atoms with Crippen LogP contribution in [0.1, 0.15) is 16.8 Å². The number of ether oxygens (including phenoxy) is 1. The number of nitrogens with zero attached hydrogens (tertiary/aromatic N) is 4. The average molecular weight is 692 g/mol. The minimum absolute atomic E-state index is 0.134. The van der Waals surface area contributed by atoms with Gasteiger partial charge in [-0.2, -0.15) is 5.10 Å². The van der Waals surface area contributed by atoms with E-state index >= 15 is 0 Å². The van der Waals surface area contributed by atoms with Crippen LogP contribution in [-0.4, -0.2) is 31.4 Å². The van der Waals surface area contributed by atoms with Crippen LogP contribution < -0.4 is 0 Å². The summed E-state index contributed by atoms with van der Waals surface area (Å²) in [5.41, 5.74) is 9.54. The number of aryl methyl sites for hydroxylation is 2. The molecule has 48 heavy (non-hydrogen) atoms. The van der Waals surface area contributed by atoms with Crippen molar-refractivity contribution in [3.63, 3.8) is 0 Å². The molecule has 0 radical (unpaired) electrons. The maximum Gasteiger partial charge on any atom is 0.340 e. The van der Waals surface area contributed by atoms with Crippen LogP contribution >= 0.6 is 15.9 Å². The third-order valence-electron chi connectivity index (χ3n) is 8.67. The average Bonchev–Trinajstić information content (AvgIpc) is 3.72. The Morgan fingerprint density at radius 1 is 0.750 bits per heavy atom. The van der Waals surface area contributed by atoms with E-state index < -0.39 is 5.97 Å². The zero-order valence-electron chi connectivity index (χ0n) is 26.4.